The van der Waals surface area contributed by atoms with Gasteiger partial charge in [-0.25, -0.2) is 4.79 Å². The van der Waals surface area contributed by atoms with Crippen LogP contribution in [0.3, 0.4) is 0 Å². The maximum absolute atomic E-state index is 12.3. The lowest BCUT2D eigenvalue weighted by Crippen LogP contribution is -2.27. The van der Waals surface area contributed by atoms with Crippen LogP contribution in [0.25, 0.3) is 11.1 Å². The molecule has 274 valence electrons. The van der Waals surface area contributed by atoms with Gasteiger partial charge in [-0.15, -0.1) is 0 Å². The normalized spacial score (nSPS) is 12.2. The van der Waals surface area contributed by atoms with Gasteiger partial charge >= 0.3 is 6.09 Å². The lowest BCUT2D eigenvalue weighted by Gasteiger charge is -2.14. The van der Waals surface area contributed by atoms with Gasteiger partial charge < -0.3 is 47.9 Å². The van der Waals surface area contributed by atoms with E-state index in [1.807, 2.05) is 54.6 Å². The van der Waals surface area contributed by atoms with E-state index in [0.717, 1.165) is 5.56 Å². The molecule has 0 radical (unpaired) electrons. The molecule has 50 heavy (non-hydrogen) atoms. The summed E-state index contributed by atoms with van der Waals surface area (Å²) in [7, 11) is 0. The molecule has 0 atom stereocenters. The molecule has 0 saturated heterocycles. The van der Waals surface area contributed by atoms with Gasteiger partial charge in [0.25, 0.3) is 0 Å². The molecular formula is C39H53NO10. The van der Waals surface area contributed by atoms with Crippen LogP contribution < -0.4 is 5.32 Å². The molecule has 11 nitrogen and oxygen atoms in total. The van der Waals surface area contributed by atoms with Crippen molar-refractivity contribution in [3.8, 4) is 11.1 Å². The Morgan fingerprint density at radius 1 is 0.480 bits per heavy atom. The highest BCUT2D eigenvalue weighted by Crippen LogP contribution is 2.44. The zero-order valence-corrected chi connectivity index (χ0v) is 29.1. The van der Waals surface area contributed by atoms with Gasteiger partial charge in [-0.1, -0.05) is 78.9 Å². The number of rotatable bonds is 29. The van der Waals surface area contributed by atoms with Crippen LogP contribution in [0.5, 0.6) is 0 Å². The van der Waals surface area contributed by atoms with Crippen LogP contribution in [0.2, 0.25) is 0 Å². The summed E-state index contributed by atoms with van der Waals surface area (Å²) >= 11 is 0. The molecule has 0 heterocycles. The van der Waals surface area contributed by atoms with E-state index >= 15 is 0 Å². The second kappa shape index (κ2) is 25.5. The molecule has 3 aromatic rings. The number of nitrogens with one attached hydrogen (secondary N) is 1. The first-order valence-corrected chi connectivity index (χ1v) is 17.6. The maximum Gasteiger partial charge on any atom is 0.407 e. The van der Waals surface area contributed by atoms with Gasteiger partial charge in [0.1, 0.15) is 6.61 Å². The molecule has 11 heteroatoms. The van der Waals surface area contributed by atoms with Gasteiger partial charge in [-0.2, -0.15) is 0 Å². The Hall–Kier alpha value is -3.39. The van der Waals surface area contributed by atoms with E-state index in [1.54, 1.807) is 0 Å². The highest BCUT2D eigenvalue weighted by Gasteiger charge is 2.28. The van der Waals surface area contributed by atoms with Crippen LogP contribution >= 0.6 is 0 Å². The zero-order valence-electron chi connectivity index (χ0n) is 29.1. The SMILES string of the molecule is O=C(NCCCOCCOCCOCCOCCOCCOCCOCCOCc1ccccc1)OCC1c2ccccc2-c2ccccc21. The molecule has 0 spiro atoms. The Balaban J connectivity index is 0.817. The topological polar surface area (TPSA) is 112 Å². The van der Waals surface area contributed by atoms with Gasteiger partial charge in [-0.3, -0.25) is 0 Å². The van der Waals surface area contributed by atoms with Gasteiger partial charge in [-0.05, 0) is 34.2 Å². The Labute approximate surface area is 296 Å². The molecule has 0 aliphatic heterocycles. The largest absolute Gasteiger partial charge is 0.449 e. The molecule has 0 fully saturated rings. The van der Waals surface area contributed by atoms with Crippen molar-refractivity contribution in [2.45, 2.75) is 18.9 Å². The Kier molecular flexibility index (Phi) is 20.1. The summed E-state index contributed by atoms with van der Waals surface area (Å²) < 4.78 is 49.7. The van der Waals surface area contributed by atoms with E-state index in [-0.39, 0.29) is 5.92 Å². The first-order valence-electron chi connectivity index (χ1n) is 17.6. The van der Waals surface area contributed by atoms with E-state index in [2.05, 4.69) is 29.6 Å². The third-order valence-electron chi connectivity index (χ3n) is 7.79. The zero-order chi connectivity index (χ0) is 34.7. The van der Waals surface area contributed by atoms with E-state index in [0.29, 0.717) is 125 Å². The molecule has 0 bridgehead atoms. The number of hydrogen-bond acceptors (Lipinski definition) is 10. The number of carbonyl (C=O) groups excluding carboxylic acids is 1. The summed E-state index contributed by atoms with van der Waals surface area (Å²) in [5, 5.41) is 2.81. The summed E-state index contributed by atoms with van der Waals surface area (Å²) in [6.07, 6.45) is 0.277. The van der Waals surface area contributed by atoms with E-state index < -0.39 is 6.09 Å². The molecule has 1 amide bonds. The van der Waals surface area contributed by atoms with Crippen molar-refractivity contribution >= 4 is 6.09 Å². The van der Waals surface area contributed by atoms with Crippen molar-refractivity contribution in [2.24, 2.45) is 0 Å². The quantitative estimate of drug-likeness (QED) is 0.0968. The molecular weight excluding hydrogens is 642 g/mol. The number of hydrogen-bond donors (Lipinski definition) is 1. The van der Waals surface area contributed by atoms with Gasteiger partial charge in [0.15, 0.2) is 0 Å². The van der Waals surface area contributed by atoms with Crippen molar-refractivity contribution in [3.63, 3.8) is 0 Å². The predicted octanol–water partition coefficient (Wildman–Crippen LogP) is 5.25. The average molecular weight is 696 g/mol. The Morgan fingerprint density at radius 2 is 0.880 bits per heavy atom. The second-order valence-electron chi connectivity index (χ2n) is 11.4. The molecule has 4 rings (SSSR count). The van der Waals surface area contributed by atoms with Gasteiger partial charge in [0.2, 0.25) is 0 Å². The van der Waals surface area contributed by atoms with Crippen LogP contribution in [0.1, 0.15) is 29.0 Å². The van der Waals surface area contributed by atoms with Crippen LogP contribution in [-0.2, 0) is 49.2 Å². The number of ether oxygens (including phenoxy) is 9. The summed E-state index contributed by atoms with van der Waals surface area (Å²) in [5.74, 6) is 0.0531. The second-order valence-corrected chi connectivity index (χ2v) is 11.4. The number of carbonyl (C=O) groups is 1. The predicted molar refractivity (Wildman–Crippen MR) is 190 cm³/mol. The maximum atomic E-state index is 12.3. The van der Waals surface area contributed by atoms with E-state index in [1.165, 1.54) is 22.3 Å². The summed E-state index contributed by atoms with van der Waals surface area (Å²) in [4.78, 5) is 12.3. The molecule has 1 aliphatic carbocycles. The van der Waals surface area contributed by atoms with Crippen LogP contribution in [0, 0.1) is 0 Å². The molecule has 0 aromatic heterocycles. The Bertz CT molecular complexity index is 1270. The van der Waals surface area contributed by atoms with Crippen LogP contribution in [0.4, 0.5) is 4.79 Å². The van der Waals surface area contributed by atoms with Gasteiger partial charge in [0.05, 0.1) is 99.1 Å². The number of alkyl carbamates (subject to hydrolysis) is 1. The summed E-state index contributed by atoms with van der Waals surface area (Å²) in [6, 6.07) is 26.7. The van der Waals surface area contributed by atoms with Crippen LogP contribution in [-0.4, -0.2) is 118 Å². The van der Waals surface area contributed by atoms with Crippen molar-refractivity contribution in [3.05, 3.63) is 95.6 Å². The first kappa shape index (κ1) is 39.4. The highest BCUT2D eigenvalue weighted by atomic mass is 16.6. The van der Waals surface area contributed by atoms with Crippen molar-refractivity contribution in [1.82, 2.24) is 5.32 Å². The fourth-order valence-electron chi connectivity index (χ4n) is 5.32. The van der Waals surface area contributed by atoms with Gasteiger partial charge in [0, 0.05) is 19.1 Å². The van der Waals surface area contributed by atoms with Crippen molar-refractivity contribution in [2.75, 3.05) is 112 Å². The number of fused-ring (bicyclic) bond motifs is 3. The smallest absolute Gasteiger partial charge is 0.407 e. The minimum atomic E-state index is -0.412. The van der Waals surface area contributed by atoms with Crippen LogP contribution in [0.15, 0.2) is 78.9 Å². The van der Waals surface area contributed by atoms with E-state index in [4.69, 9.17) is 42.6 Å². The van der Waals surface area contributed by atoms with E-state index in [9.17, 15) is 4.79 Å². The van der Waals surface area contributed by atoms with Crippen molar-refractivity contribution < 1.29 is 47.4 Å². The minimum Gasteiger partial charge on any atom is -0.449 e. The third-order valence-corrected chi connectivity index (χ3v) is 7.79. The number of benzene rings is 3. The summed E-state index contributed by atoms with van der Waals surface area (Å²) in [5.41, 5.74) is 5.97. The number of amides is 1. The van der Waals surface area contributed by atoms with Crippen molar-refractivity contribution in [1.29, 1.82) is 0 Å². The standard InChI is InChI=1S/C39H53NO10/c41-39(50-32-38-36-13-6-4-11-34(36)35-12-5-7-14-37(35)38)40-15-8-16-42-17-18-43-19-20-44-21-22-45-23-24-46-25-26-47-27-28-48-29-30-49-31-33-9-2-1-3-10-33/h1-7,9-14,38H,8,15-32H2,(H,40,41). The molecule has 1 N–H and O–H groups in total. The fraction of sp³-hybridized carbons (Fsp3) is 0.513. The monoisotopic (exact) mass is 695 g/mol. The minimum absolute atomic E-state index is 0.0531. The molecule has 0 saturated carbocycles. The lowest BCUT2D eigenvalue weighted by atomic mass is 9.98. The lowest BCUT2D eigenvalue weighted by molar-refractivity contribution is -0.0236. The first-order chi connectivity index (χ1) is 24.8. The highest BCUT2D eigenvalue weighted by molar-refractivity contribution is 5.79. The third kappa shape index (κ3) is 15.7. The average Bonchev–Trinajstić information content (AvgIpc) is 3.47. The summed E-state index contributed by atoms with van der Waals surface area (Å²) in [6.45, 7) is 9.06. The molecule has 3 aromatic carbocycles. The fourth-order valence-corrected chi connectivity index (χ4v) is 5.32. The molecule has 1 aliphatic rings. The Morgan fingerprint density at radius 3 is 1.36 bits per heavy atom. The molecule has 0 unspecified atom stereocenters.